The first kappa shape index (κ1) is 12.0. The minimum absolute atomic E-state index is 0.136. The highest BCUT2D eigenvalue weighted by Crippen LogP contribution is 2.38. The summed E-state index contributed by atoms with van der Waals surface area (Å²) in [6.07, 6.45) is 0.956. The minimum atomic E-state index is -0.909. The van der Waals surface area contributed by atoms with E-state index in [4.69, 9.17) is 15.6 Å². The molecule has 1 aromatic carbocycles. The standard InChI is InChI=1S/C10H5N3O4/c11-4-6(5-12)3-7-1-2-8(14)10(15)9(7)13(16)17/h1-3,14-15H. The van der Waals surface area contributed by atoms with E-state index in [1.165, 1.54) is 12.1 Å². The van der Waals surface area contributed by atoms with E-state index in [9.17, 15) is 15.2 Å². The van der Waals surface area contributed by atoms with Crippen LogP contribution in [0.2, 0.25) is 0 Å². The Morgan fingerprint density at radius 1 is 1.35 bits per heavy atom. The number of benzene rings is 1. The number of phenols is 2. The van der Waals surface area contributed by atoms with Gasteiger partial charge in [-0.05, 0) is 18.2 Å². The Balaban J connectivity index is 3.53. The zero-order chi connectivity index (χ0) is 13.0. The van der Waals surface area contributed by atoms with Crippen LogP contribution in [0.15, 0.2) is 17.7 Å². The Bertz CT molecular complexity index is 577. The largest absolute Gasteiger partial charge is 0.504 e. The van der Waals surface area contributed by atoms with Gasteiger partial charge in [0.1, 0.15) is 17.7 Å². The molecule has 0 aliphatic rings. The number of nitrogens with zero attached hydrogens (tertiary/aromatic N) is 3. The van der Waals surface area contributed by atoms with E-state index in [0.717, 1.165) is 18.2 Å². The number of aromatic hydroxyl groups is 2. The maximum absolute atomic E-state index is 10.7. The summed E-state index contributed by atoms with van der Waals surface area (Å²) in [7, 11) is 0. The molecule has 0 unspecified atom stereocenters. The van der Waals surface area contributed by atoms with Gasteiger partial charge in [-0.3, -0.25) is 10.1 Å². The van der Waals surface area contributed by atoms with Crippen LogP contribution in [0, 0.1) is 32.8 Å². The zero-order valence-corrected chi connectivity index (χ0v) is 8.28. The van der Waals surface area contributed by atoms with Crippen LogP contribution in [-0.4, -0.2) is 15.1 Å². The third kappa shape index (κ3) is 2.30. The number of phenolic OH excluding ortho intramolecular Hbond substituents is 2. The number of hydrogen-bond acceptors (Lipinski definition) is 6. The molecule has 0 atom stereocenters. The van der Waals surface area contributed by atoms with Crippen molar-refractivity contribution in [3.63, 3.8) is 0 Å². The van der Waals surface area contributed by atoms with Crippen molar-refractivity contribution in [2.45, 2.75) is 0 Å². The van der Waals surface area contributed by atoms with Crippen molar-refractivity contribution < 1.29 is 15.1 Å². The lowest BCUT2D eigenvalue weighted by Crippen LogP contribution is -1.93. The zero-order valence-electron chi connectivity index (χ0n) is 8.28. The first-order chi connectivity index (χ1) is 8.01. The van der Waals surface area contributed by atoms with Crippen molar-refractivity contribution in [3.05, 3.63) is 33.4 Å². The molecule has 0 spiro atoms. The summed E-state index contributed by atoms with van der Waals surface area (Å²) in [5.41, 5.74) is -1.24. The van der Waals surface area contributed by atoms with E-state index in [1.54, 1.807) is 0 Å². The molecule has 0 heterocycles. The Labute approximate surface area is 95.2 Å². The number of nitriles is 2. The Hall–Kier alpha value is -3.06. The molecule has 0 aliphatic carbocycles. The molecule has 0 bridgehead atoms. The van der Waals surface area contributed by atoms with Crippen molar-refractivity contribution in [2.24, 2.45) is 0 Å². The Morgan fingerprint density at radius 2 is 1.94 bits per heavy atom. The van der Waals surface area contributed by atoms with Gasteiger partial charge in [-0.1, -0.05) is 0 Å². The lowest BCUT2D eigenvalue weighted by atomic mass is 10.1. The summed E-state index contributed by atoms with van der Waals surface area (Å²) in [6.45, 7) is 0. The van der Waals surface area contributed by atoms with Gasteiger partial charge in [0.05, 0.1) is 10.5 Å². The first-order valence-corrected chi connectivity index (χ1v) is 4.22. The average Bonchev–Trinajstić information content (AvgIpc) is 2.30. The second-order valence-corrected chi connectivity index (χ2v) is 2.91. The van der Waals surface area contributed by atoms with E-state index in [2.05, 4.69) is 0 Å². The number of hydrogen-bond donors (Lipinski definition) is 2. The molecule has 0 radical (unpaired) electrons. The molecule has 17 heavy (non-hydrogen) atoms. The van der Waals surface area contributed by atoms with Crippen molar-refractivity contribution in [2.75, 3.05) is 0 Å². The van der Waals surface area contributed by atoms with Gasteiger partial charge in [0.2, 0.25) is 5.75 Å². The second kappa shape index (κ2) is 4.64. The number of rotatable bonds is 2. The Kier molecular flexibility index (Phi) is 3.28. The molecule has 0 saturated heterocycles. The smallest absolute Gasteiger partial charge is 0.321 e. The molecule has 0 saturated carbocycles. The van der Waals surface area contributed by atoms with Gasteiger partial charge >= 0.3 is 5.69 Å². The monoisotopic (exact) mass is 231 g/mol. The predicted octanol–water partition coefficient (Wildman–Crippen LogP) is 1.44. The molecule has 7 nitrogen and oxygen atoms in total. The first-order valence-electron chi connectivity index (χ1n) is 4.22. The van der Waals surface area contributed by atoms with Gasteiger partial charge in [-0.2, -0.15) is 10.5 Å². The van der Waals surface area contributed by atoms with Crippen molar-refractivity contribution in [3.8, 4) is 23.6 Å². The molecular formula is C10H5N3O4. The van der Waals surface area contributed by atoms with Crippen LogP contribution in [0.4, 0.5) is 5.69 Å². The summed E-state index contributed by atoms with van der Waals surface area (Å²) in [6, 6.07) is 5.22. The van der Waals surface area contributed by atoms with Crippen LogP contribution < -0.4 is 0 Å². The van der Waals surface area contributed by atoms with E-state index in [-0.39, 0.29) is 11.1 Å². The lowest BCUT2D eigenvalue weighted by Gasteiger charge is -2.01. The maximum Gasteiger partial charge on any atom is 0.321 e. The normalized spacial score (nSPS) is 8.82. The molecule has 0 amide bonds. The lowest BCUT2D eigenvalue weighted by molar-refractivity contribution is -0.386. The highest BCUT2D eigenvalue weighted by Gasteiger charge is 2.22. The highest BCUT2D eigenvalue weighted by molar-refractivity contribution is 5.73. The molecular weight excluding hydrogens is 226 g/mol. The molecule has 7 heteroatoms. The van der Waals surface area contributed by atoms with E-state index >= 15 is 0 Å². The molecule has 1 rings (SSSR count). The van der Waals surface area contributed by atoms with Crippen molar-refractivity contribution in [1.29, 1.82) is 10.5 Å². The third-order valence-electron chi connectivity index (χ3n) is 1.88. The molecule has 0 aliphatic heterocycles. The molecule has 84 valence electrons. The van der Waals surface area contributed by atoms with Crippen LogP contribution in [0.25, 0.3) is 6.08 Å². The second-order valence-electron chi connectivity index (χ2n) is 2.91. The molecule has 0 aromatic heterocycles. The topological polar surface area (TPSA) is 131 Å². The van der Waals surface area contributed by atoms with Crippen molar-refractivity contribution >= 4 is 11.8 Å². The van der Waals surface area contributed by atoms with Gasteiger partial charge < -0.3 is 10.2 Å². The summed E-state index contributed by atoms with van der Waals surface area (Å²) in [5.74, 6) is -1.55. The summed E-state index contributed by atoms with van der Waals surface area (Å²) < 4.78 is 0. The van der Waals surface area contributed by atoms with Crippen LogP contribution in [0.3, 0.4) is 0 Å². The van der Waals surface area contributed by atoms with Crippen LogP contribution in [-0.2, 0) is 0 Å². The Morgan fingerprint density at radius 3 is 2.41 bits per heavy atom. The van der Waals surface area contributed by atoms with Gasteiger partial charge in [0.15, 0.2) is 5.75 Å². The fourth-order valence-corrected chi connectivity index (χ4v) is 1.14. The summed E-state index contributed by atoms with van der Waals surface area (Å²) in [4.78, 5) is 9.78. The minimum Gasteiger partial charge on any atom is -0.504 e. The summed E-state index contributed by atoms with van der Waals surface area (Å²) in [5, 5.41) is 46.2. The fourth-order valence-electron chi connectivity index (χ4n) is 1.14. The van der Waals surface area contributed by atoms with Crippen LogP contribution in [0.5, 0.6) is 11.5 Å². The van der Waals surface area contributed by atoms with Gasteiger partial charge in [0.25, 0.3) is 0 Å². The quantitative estimate of drug-likeness (QED) is 0.342. The highest BCUT2D eigenvalue weighted by atomic mass is 16.6. The predicted molar refractivity (Wildman–Crippen MR) is 55.6 cm³/mol. The number of nitro groups is 1. The van der Waals surface area contributed by atoms with Gasteiger partial charge in [-0.15, -0.1) is 0 Å². The molecule has 0 fully saturated rings. The summed E-state index contributed by atoms with van der Waals surface area (Å²) >= 11 is 0. The van der Waals surface area contributed by atoms with Crippen LogP contribution in [0.1, 0.15) is 5.56 Å². The van der Waals surface area contributed by atoms with Crippen LogP contribution >= 0.6 is 0 Å². The fraction of sp³-hybridized carbons (Fsp3) is 0. The maximum atomic E-state index is 10.7. The average molecular weight is 231 g/mol. The SMILES string of the molecule is N#CC(C#N)=Cc1ccc(O)c(O)c1[N+](=O)[O-]. The van der Waals surface area contributed by atoms with E-state index in [1.807, 2.05) is 0 Å². The molecule has 2 N–H and O–H groups in total. The van der Waals surface area contributed by atoms with Crippen molar-refractivity contribution in [1.82, 2.24) is 0 Å². The number of nitro benzene ring substituents is 1. The van der Waals surface area contributed by atoms with E-state index < -0.39 is 22.1 Å². The van der Waals surface area contributed by atoms with Gasteiger partial charge in [-0.25, -0.2) is 0 Å². The number of allylic oxidation sites excluding steroid dienone is 1. The molecule has 1 aromatic rings. The van der Waals surface area contributed by atoms with Gasteiger partial charge in [0, 0.05) is 0 Å². The third-order valence-corrected chi connectivity index (χ3v) is 1.88. The van der Waals surface area contributed by atoms with E-state index in [0.29, 0.717) is 0 Å².